The number of carbonyl (C=O) groups excluding carboxylic acids is 3. The lowest BCUT2D eigenvalue weighted by molar-refractivity contribution is -0.142. The lowest BCUT2D eigenvalue weighted by Crippen LogP contribution is -2.21. The Balaban J connectivity index is 1.77. The normalized spacial score (nSPS) is 11.6. The van der Waals surface area contributed by atoms with E-state index in [9.17, 15) is 27.6 Å². The Labute approximate surface area is 229 Å². The van der Waals surface area contributed by atoms with Gasteiger partial charge in [-0.05, 0) is 44.0 Å². The zero-order chi connectivity index (χ0) is 28.6. The van der Waals surface area contributed by atoms with E-state index >= 15 is 0 Å². The summed E-state index contributed by atoms with van der Waals surface area (Å²) in [7, 11) is 3.08. The van der Waals surface area contributed by atoms with Gasteiger partial charge in [-0.25, -0.2) is 14.3 Å². The van der Waals surface area contributed by atoms with Gasteiger partial charge in [0.05, 0.1) is 27.6 Å². The molecule has 0 aliphatic carbocycles. The second-order valence-corrected chi connectivity index (χ2v) is 10.8. The Morgan fingerprint density at radius 3 is 2.44 bits per heavy atom. The first kappa shape index (κ1) is 28.2. The topological polar surface area (TPSA) is 106 Å². The number of amides is 2. The fourth-order valence-corrected chi connectivity index (χ4v) is 5.86. The smallest absolute Gasteiger partial charge is 0.433 e. The number of aromatic nitrogens is 3. The molecule has 4 heterocycles. The monoisotopic (exact) mass is 579 g/mol. The molecule has 39 heavy (non-hydrogen) atoms. The van der Waals surface area contributed by atoms with Crippen LogP contribution in [0.5, 0.6) is 0 Å². The third-order valence-electron chi connectivity index (χ3n) is 5.67. The molecule has 0 aromatic carbocycles. The summed E-state index contributed by atoms with van der Waals surface area (Å²) in [5.74, 6) is -2.01. The van der Waals surface area contributed by atoms with E-state index in [1.807, 2.05) is 13.0 Å². The van der Waals surface area contributed by atoms with Crippen molar-refractivity contribution < 1.29 is 32.3 Å². The predicted octanol–water partition coefficient (Wildman–Crippen LogP) is 5.54. The molecule has 1 N–H and O–H groups in total. The molecule has 0 spiro atoms. The highest BCUT2D eigenvalue weighted by Crippen LogP contribution is 2.36. The summed E-state index contributed by atoms with van der Waals surface area (Å²) in [6.45, 7) is 5.16. The number of nitrogens with zero attached hydrogens (tertiary/aromatic N) is 4. The van der Waals surface area contributed by atoms with Gasteiger partial charge in [-0.2, -0.15) is 18.3 Å². The van der Waals surface area contributed by atoms with Crippen LogP contribution < -0.4 is 5.32 Å². The molecule has 0 saturated heterocycles. The maximum absolute atomic E-state index is 14.0. The van der Waals surface area contributed by atoms with Crippen molar-refractivity contribution in [3.8, 4) is 10.6 Å². The summed E-state index contributed by atoms with van der Waals surface area (Å²) < 4.78 is 47.6. The first-order chi connectivity index (χ1) is 18.3. The molecule has 0 fully saturated rings. The van der Waals surface area contributed by atoms with Gasteiger partial charge in [0.15, 0.2) is 17.0 Å². The van der Waals surface area contributed by atoms with E-state index in [1.54, 1.807) is 34.0 Å². The summed E-state index contributed by atoms with van der Waals surface area (Å²) in [6, 6.07) is 5.56. The molecular weight excluding hydrogens is 555 g/mol. The summed E-state index contributed by atoms with van der Waals surface area (Å²) in [5.41, 5.74) is -1.21. The number of thiophene rings is 2. The highest BCUT2D eigenvalue weighted by Gasteiger charge is 2.36. The minimum Gasteiger partial charge on any atom is -0.462 e. The van der Waals surface area contributed by atoms with Crippen LogP contribution in [-0.4, -0.2) is 58.0 Å². The van der Waals surface area contributed by atoms with Crippen LogP contribution in [0.25, 0.3) is 16.2 Å². The number of hydrogen-bond acceptors (Lipinski definition) is 8. The van der Waals surface area contributed by atoms with Crippen molar-refractivity contribution in [1.29, 1.82) is 0 Å². The maximum Gasteiger partial charge on any atom is 0.433 e. The highest BCUT2D eigenvalue weighted by molar-refractivity contribution is 7.18. The molecule has 4 rings (SSSR count). The number of anilines is 1. The first-order valence-corrected chi connectivity index (χ1v) is 13.4. The summed E-state index contributed by atoms with van der Waals surface area (Å²) in [4.78, 5) is 45.8. The molecule has 0 radical (unpaired) electrons. The number of carbonyl (C=O) groups is 3. The van der Waals surface area contributed by atoms with Gasteiger partial charge in [0.25, 0.3) is 11.8 Å². The Hall–Kier alpha value is -3.78. The van der Waals surface area contributed by atoms with Crippen LogP contribution in [0.1, 0.15) is 60.5 Å². The van der Waals surface area contributed by atoms with Gasteiger partial charge in [0, 0.05) is 25.0 Å². The Kier molecular flexibility index (Phi) is 7.80. The van der Waals surface area contributed by atoms with Crippen molar-refractivity contribution in [2.24, 2.45) is 0 Å². The van der Waals surface area contributed by atoms with E-state index in [1.165, 1.54) is 16.2 Å². The molecule has 4 aromatic heterocycles. The van der Waals surface area contributed by atoms with E-state index in [0.29, 0.717) is 15.0 Å². The van der Waals surface area contributed by atoms with Gasteiger partial charge in [-0.1, -0.05) is 6.92 Å². The third kappa shape index (κ3) is 5.52. The second-order valence-electron chi connectivity index (χ2n) is 8.58. The molecule has 206 valence electrons. The van der Waals surface area contributed by atoms with Crippen molar-refractivity contribution in [2.75, 3.05) is 26.0 Å². The fourth-order valence-electron chi connectivity index (χ4n) is 3.74. The molecule has 0 unspecified atom stereocenters. The van der Waals surface area contributed by atoms with Gasteiger partial charge < -0.3 is 15.0 Å². The number of halogens is 3. The number of hydrogen-bond donors (Lipinski definition) is 1. The van der Waals surface area contributed by atoms with Gasteiger partial charge in [-0.15, -0.1) is 22.7 Å². The fraction of sp³-hybridized carbons (Fsp3) is 0.320. The van der Waals surface area contributed by atoms with Crippen molar-refractivity contribution in [2.45, 2.75) is 33.4 Å². The van der Waals surface area contributed by atoms with Crippen LogP contribution in [0, 0.1) is 6.92 Å². The van der Waals surface area contributed by atoms with Gasteiger partial charge in [0.1, 0.15) is 5.00 Å². The average molecular weight is 580 g/mol. The molecule has 0 aliphatic rings. The molecule has 2 amide bonds. The molecular formula is C25H24F3N5O4S2. The Morgan fingerprint density at radius 2 is 1.85 bits per heavy atom. The van der Waals surface area contributed by atoms with E-state index in [-0.39, 0.29) is 45.0 Å². The summed E-state index contributed by atoms with van der Waals surface area (Å²) in [6.07, 6.45) is -4.04. The molecule has 4 aromatic rings. The van der Waals surface area contributed by atoms with Crippen LogP contribution in [0.15, 0.2) is 24.3 Å². The van der Waals surface area contributed by atoms with E-state index < -0.39 is 23.7 Å². The number of nitrogens with one attached hydrogen (secondary N) is 1. The van der Waals surface area contributed by atoms with Gasteiger partial charge in [0.2, 0.25) is 0 Å². The molecule has 9 nitrogen and oxygen atoms in total. The lowest BCUT2D eigenvalue weighted by Gasteiger charge is -2.10. The molecule has 0 aliphatic heterocycles. The summed E-state index contributed by atoms with van der Waals surface area (Å²) >= 11 is 2.20. The SMILES string of the molecule is CCOC(=O)c1c(NC(=O)c2cc3nc(-c4ccc(CC)s4)cc(C(F)(F)F)n3n2)sc(C(=O)N(C)C)c1C. The van der Waals surface area contributed by atoms with Gasteiger partial charge >= 0.3 is 12.1 Å². The molecule has 0 saturated carbocycles. The maximum atomic E-state index is 14.0. The number of fused-ring (bicyclic) bond motifs is 1. The number of alkyl halides is 3. The summed E-state index contributed by atoms with van der Waals surface area (Å²) in [5, 5.41) is 6.42. The van der Waals surface area contributed by atoms with E-state index in [4.69, 9.17) is 4.74 Å². The third-order valence-corrected chi connectivity index (χ3v) is 8.11. The Bertz CT molecular complexity index is 1590. The number of ether oxygens (including phenoxy) is 1. The molecule has 0 bridgehead atoms. The minimum absolute atomic E-state index is 0.00928. The largest absolute Gasteiger partial charge is 0.462 e. The quantitative estimate of drug-likeness (QED) is 0.288. The lowest BCUT2D eigenvalue weighted by atomic mass is 10.1. The van der Waals surface area contributed by atoms with E-state index in [0.717, 1.165) is 34.8 Å². The zero-order valence-electron chi connectivity index (χ0n) is 21.6. The van der Waals surface area contributed by atoms with Crippen molar-refractivity contribution in [3.63, 3.8) is 0 Å². The van der Waals surface area contributed by atoms with Crippen LogP contribution in [-0.2, 0) is 17.3 Å². The van der Waals surface area contributed by atoms with E-state index in [2.05, 4.69) is 15.4 Å². The minimum atomic E-state index is -4.77. The number of rotatable bonds is 7. The molecule has 14 heteroatoms. The highest BCUT2D eigenvalue weighted by atomic mass is 32.1. The first-order valence-electron chi connectivity index (χ1n) is 11.8. The van der Waals surface area contributed by atoms with Crippen LogP contribution in [0.2, 0.25) is 0 Å². The predicted molar refractivity (Wildman–Crippen MR) is 142 cm³/mol. The van der Waals surface area contributed by atoms with Crippen LogP contribution in [0.3, 0.4) is 0 Å². The second kappa shape index (κ2) is 10.8. The number of esters is 1. The Morgan fingerprint density at radius 1 is 1.13 bits per heavy atom. The number of aryl methyl sites for hydroxylation is 1. The van der Waals surface area contributed by atoms with Crippen molar-refractivity contribution in [1.82, 2.24) is 19.5 Å². The van der Waals surface area contributed by atoms with Crippen LogP contribution >= 0.6 is 22.7 Å². The molecule has 0 atom stereocenters. The van der Waals surface area contributed by atoms with Crippen molar-refractivity contribution in [3.05, 3.63) is 56.5 Å². The van der Waals surface area contributed by atoms with Gasteiger partial charge in [-0.3, -0.25) is 9.59 Å². The zero-order valence-corrected chi connectivity index (χ0v) is 23.2. The van der Waals surface area contributed by atoms with Crippen molar-refractivity contribution >= 4 is 51.1 Å². The van der Waals surface area contributed by atoms with Crippen LogP contribution in [0.4, 0.5) is 18.2 Å². The average Bonchev–Trinajstić information content (AvgIpc) is 3.59. The standard InChI is InChI=1S/C25H24F3N5O4S2/c1-6-13-8-9-16(38-13)14-10-17(25(26,27)28)33-18(29-14)11-15(31-33)21(34)30-22-19(24(36)37-7-2)12(3)20(39-22)23(35)32(4)5/h8-11H,6-7H2,1-5H3,(H,30,34).